The van der Waals surface area contributed by atoms with Crippen molar-refractivity contribution in [3.8, 4) is 5.75 Å². The van der Waals surface area contributed by atoms with Crippen molar-refractivity contribution in [1.82, 2.24) is 5.32 Å². The molecule has 1 unspecified atom stereocenters. The maximum absolute atomic E-state index is 11.9. The van der Waals surface area contributed by atoms with Crippen LogP contribution < -0.4 is 10.1 Å². The Kier molecular flexibility index (Phi) is 6.04. The van der Waals surface area contributed by atoms with Gasteiger partial charge < -0.3 is 10.1 Å². The fraction of sp³-hybridized carbons (Fsp3) is 0.417. The molecule has 0 aliphatic carbocycles. The predicted molar refractivity (Wildman–Crippen MR) is 68.4 cm³/mol. The van der Waals surface area contributed by atoms with E-state index in [9.17, 15) is 13.6 Å². The van der Waals surface area contributed by atoms with Gasteiger partial charge >= 0.3 is 6.61 Å². The molecule has 0 heterocycles. The van der Waals surface area contributed by atoms with E-state index in [2.05, 4.69) is 26.0 Å². The highest BCUT2D eigenvalue weighted by Gasteiger charge is 2.09. The lowest BCUT2D eigenvalue weighted by Crippen LogP contribution is -2.29. The molecule has 0 radical (unpaired) electrons. The average molecular weight is 322 g/mol. The van der Waals surface area contributed by atoms with Crippen LogP contribution >= 0.6 is 15.9 Å². The van der Waals surface area contributed by atoms with Crippen LogP contribution in [0.1, 0.15) is 23.7 Å². The van der Waals surface area contributed by atoms with E-state index in [1.807, 2.05) is 6.92 Å². The summed E-state index contributed by atoms with van der Waals surface area (Å²) in [5.41, 5.74) is 0.410. The largest absolute Gasteiger partial charge is 0.435 e. The van der Waals surface area contributed by atoms with E-state index in [1.54, 1.807) is 0 Å². The van der Waals surface area contributed by atoms with Crippen molar-refractivity contribution >= 4 is 21.8 Å². The van der Waals surface area contributed by atoms with Crippen molar-refractivity contribution in [2.75, 3.05) is 6.54 Å². The third-order valence-electron chi connectivity index (χ3n) is 2.27. The Morgan fingerprint density at radius 1 is 1.39 bits per heavy atom. The van der Waals surface area contributed by atoms with Crippen LogP contribution in [-0.2, 0) is 0 Å². The number of benzene rings is 1. The Morgan fingerprint density at radius 2 is 2.00 bits per heavy atom. The smallest absolute Gasteiger partial charge is 0.387 e. The van der Waals surface area contributed by atoms with Gasteiger partial charge in [0.15, 0.2) is 0 Å². The van der Waals surface area contributed by atoms with Crippen LogP contribution in [0.25, 0.3) is 0 Å². The highest BCUT2D eigenvalue weighted by Crippen LogP contribution is 2.14. The van der Waals surface area contributed by atoms with Gasteiger partial charge in [-0.2, -0.15) is 8.78 Å². The van der Waals surface area contributed by atoms with E-state index in [-0.39, 0.29) is 16.5 Å². The quantitative estimate of drug-likeness (QED) is 0.817. The Morgan fingerprint density at radius 3 is 2.50 bits per heavy atom. The Labute approximate surface area is 113 Å². The lowest BCUT2D eigenvalue weighted by atomic mass is 10.2. The first-order valence-electron chi connectivity index (χ1n) is 5.50. The second-order valence-electron chi connectivity index (χ2n) is 3.62. The topological polar surface area (TPSA) is 38.3 Å². The lowest BCUT2D eigenvalue weighted by molar-refractivity contribution is -0.0498. The summed E-state index contributed by atoms with van der Waals surface area (Å²) in [6.07, 6.45) is 0.904. The molecule has 0 aliphatic rings. The summed E-state index contributed by atoms with van der Waals surface area (Å²) in [6.45, 7) is -0.337. The SMILES string of the molecule is CCC(Br)CNC(=O)c1ccc(OC(F)F)cc1. The van der Waals surface area contributed by atoms with Crippen molar-refractivity contribution in [1.29, 1.82) is 0 Å². The van der Waals surface area contributed by atoms with Crippen LogP contribution in [0.5, 0.6) is 5.75 Å². The molecule has 1 rings (SSSR count). The van der Waals surface area contributed by atoms with Crippen molar-refractivity contribution in [3.63, 3.8) is 0 Å². The van der Waals surface area contributed by atoms with Crippen LogP contribution in [0.4, 0.5) is 8.78 Å². The number of nitrogens with one attached hydrogen (secondary N) is 1. The van der Waals surface area contributed by atoms with E-state index >= 15 is 0 Å². The molecule has 18 heavy (non-hydrogen) atoms. The normalized spacial score (nSPS) is 12.3. The van der Waals surface area contributed by atoms with Crippen molar-refractivity contribution in [3.05, 3.63) is 29.8 Å². The highest BCUT2D eigenvalue weighted by atomic mass is 79.9. The van der Waals surface area contributed by atoms with Gasteiger partial charge in [-0.3, -0.25) is 4.79 Å². The number of amides is 1. The number of carbonyl (C=O) groups is 1. The molecule has 1 atom stereocenters. The maximum Gasteiger partial charge on any atom is 0.387 e. The second-order valence-corrected chi connectivity index (χ2v) is 4.91. The molecule has 0 saturated heterocycles. The number of ether oxygens (including phenoxy) is 1. The van der Waals surface area contributed by atoms with Gasteiger partial charge in [0.25, 0.3) is 5.91 Å². The first-order valence-corrected chi connectivity index (χ1v) is 6.41. The van der Waals surface area contributed by atoms with Gasteiger partial charge in [0, 0.05) is 16.9 Å². The van der Waals surface area contributed by atoms with Gasteiger partial charge in [0.05, 0.1) is 0 Å². The molecule has 0 saturated carbocycles. The van der Waals surface area contributed by atoms with Crippen LogP contribution in [0.15, 0.2) is 24.3 Å². The van der Waals surface area contributed by atoms with Gasteiger partial charge in [-0.25, -0.2) is 0 Å². The Bertz CT molecular complexity index is 384. The number of carbonyl (C=O) groups excluding carboxylic acids is 1. The van der Waals surface area contributed by atoms with Crippen molar-refractivity contribution < 1.29 is 18.3 Å². The van der Waals surface area contributed by atoms with Crippen LogP contribution in [-0.4, -0.2) is 23.9 Å². The molecule has 3 nitrogen and oxygen atoms in total. The average Bonchev–Trinajstić information content (AvgIpc) is 2.35. The minimum absolute atomic E-state index is 0.0356. The summed E-state index contributed by atoms with van der Waals surface area (Å²) in [5.74, 6) is -0.204. The molecule has 100 valence electrons. The lowest BCUT2D eigenvalue weighted by Gasteiger charge is -2.09. The van der Waals surface area contributed by atoms with Crippen molar-refractivity contribution in [2.45, 2.75) is 24.8 Å². The third-order valence-corrected chi connectivity index (χ3v) is 3.24. The molecule has 1 N–H and O–H groups in total. The van der Waals surface area contributed by atoms with Crippen LogP contribution in [0.3, 0.4) is 0 Å². The summed E-state index contributed by atoms with van der Waals surface area (Å²) in [7, 11) is 0. The number of alkyl halides is 3. The molecule has 1 amide bonds. The van der Waals surface area contributed by atoms with Crippen LogP contribution in [0.2, 0.25) is 0 Å². The predicted octanol–water partition coefficient (Wildman–Crippen LogP) is 3.19. The number of halogens is 3. The molecule has 1 aromatic carbocycles. The van der Waals surface area contributed by atoms with Gasteiger partial charge in [-0.1, -0.05) is 22.9 Å². The Hall–Kier alpha value is -1.17. The monoisotopic (exact) mass is 321 g/mol. The fourth-order valence-corrected chi connectivity index (χ4v) is 1.40. The van der Waals surface area contributed by atoms with Gasteiger partial charge in [0.2, 0.25) is 0 Å². The zero-order chi connectivity index (χ0) is 13.5. The number of rotatable bonds is 6. The van der Waals surface area contributed by atoms with Gasteiger partial charge in [-0.15, -0.1) is 0 Å². The zero-order valence-electron chi connectivity index (χ0n) is 9.83. The van der Waals surface area contributed by atoms with Gasteiger partial charge in [-0.05, 0) is 30.7 Å². The molecule has 1 aromatic rings. The fourth-order valence-electron chi connectivity index (χ4n) is 1.24. The first kappa shape index (κ1) is 14.9. The summed E-state index contributed by atoms with van der Waals surface area (Å²) in [5, 5.41) is 2.74. The van der Waals surface area contributed by atoms with E-state index in [1.165, 1.54) is 24.3 Å². The van der Waals surface area contributed by atoms with E-state index in [0.29, 0.717) is 12.1 Å². The second kappa shape index (κ2) is 7.31. The molecule has 0 aromatic heterocycles. The third kappa shape index (κ3) is 5.00. The first-order chi connectivity index (χ1) is 8.52. The molecular formula is C12H14BrF2NO2. The number of hydrogen-bond acceptors (Lipinski definition) is 2. The highest BCUT2D eigenvalue weighted by molar-refractivity contribution is 9.09. The standard InChI is InChI=1S/C12H14BrF2NO2/c1-2-9(13)7-16-11(17)8-3-5-10(6-4-8)18-12(14)15/h3-6,9,12H,2,7H2,1H3,(H,16,17). The van der Waals surface area contributed by atoms with Crippen LogP contribution in [0, 0.1) is 0 Å². The number of hydrogen-bond donors (Lipinski definition) is 1. The summed E-state index contributed by atoms with van der Waals surface area (Å²) in [6, 6.07) is 5.57. The van der Waals surface area contributed by atoms with Gasteiger partial charge in [0.1, 0.15) is 5.75 Å². The Balaban J connectivity index is 2.53. The molecule has 0 bridgehead atoms. The van der Waals surface area contributed by atoms with Crippen molar-refractivity contribution in [2.24, 2.45) is 0 Å². The summed E-state index contributed by atoms with van der Waals surface area (Å²) < 4.78 is 28.0. The minimum atomic E-state index is -2.86. The van der Waals surface area contributed by atoms with E-state index in [0.717, 1.165) is 6.42 Å². The molecule has 0 spiro atoms. The maximum atomic E-state index is 11.9. The minimum Gasteiger partial charge on any atom is -0.435 e. The molecule has 6 heteroatoms. The van der Waals surface area contributed by atoms with E-state index in [4.69, 9.17) is 0 Å². The zero-order valence-corrected chi connectivity index (χ0v) is 11.4. The molecule has 0 fully saturated rings. The molecule has 0 aliphatic heterocycles. The summed E-state index contributed by atoms with van der Waals surface area (Å²) in [4.78, 5) is 11.9. The molecular weight excluding hydrogens is 308 g/mol. The summed E-state index contributed by atoms with van der Waals surface area (Å²) >= 11 is 3.40. The van der Waals surface area contributed by atoms with E-state index < -0.39 is 6.61 Å².